The average Bonchev–Trinajstić information content (AvgIpc) is 3.42. The van der Waals surface area contributed by atoms with Crippen molar-refractivity contribution in [2.45, 2.75) is 18.8 Å². The number of hydrogen-bond acceptors (Lipinski definition) is 5. The molecule has 0 bridgehead atoms. The van der Waals surface area contributed by atoms with Gasteiger partial charge in [-0.3, -0.25) is 4.79 Å². The van der Waals surface area contributed by atoms with Crippen LogP contribution >= 0.6 is 0 Å². The summed E-state index contributed by atoms with van der Waals surface area (Å²) in [5.74, 6) is 1.15. The Hall–Kier alpha value is -3.40. The van der Waals surface area contributed by atoms with E-state index in [2.05, 4.69) is 16.4 Å². The van der Waals surface area contributed by atoms with Gasteiger partial charge < -0.3 is 10.1 Å². The smallest absolute Gasteiger partial charge is 0.329 e. The maximum absolute atomic E-state index is 11.7. The summed E-state index contributed by atoms with van der Waals surface area (Å²) in [7, 11) is 0. The topological polar surface area (TPSA) is 95.3 Å². The van der Waals surface area contributed by atoms with Gasteiger partial charge in [-0.2, -0.15) is 5.26 Å². The minimum Gasteiger partial charge on any atom is -0.439 e. The molecule has 0 spiro atoms. The van der Waals surface area contributed by atoms with Gasteiger partial charge in [-0.25, -0.2) is 14.7 Å². The highest BCUT2D eigenvalue weighted by Crippen LogP contribution is 2.45. The lowest BCUT2D eigenvalue weighted by Gasteiger charge is -2.13. The van der Waals surface area contributed by atoms with Crippen LogP contribution in [0.3, 0.4) is 0 Å². The first kappa shape index (κ1) is 15.1. The Labute approximate surface area is 143 Å². The summed E-state index contributed by atoms with van der Waals surface area (Å²) in [5, 5.41) is 11.5. The molecule has 2 heterocycles. The highest BCUT2D eigenvalue weighted by molar-refractivity contribution is 6.19. The number of nitrogens with zero attached hydrogens (tertiary/aromatic N) is 3. The Balaban J connectivity index is 1.57. The van der Waals surface area contributed by atoms with Gasteiger partial charge in [0.25, 0.3) is 5.91 Å². The number of imide groups is 1. The average molecular weight is 334 g/mol. The molecule has 1 aromatic carbocycles. The Kier molecular flexibility index (Phi) is 3.58. The van der Waals surface area contributed by atoms with E-state index in [0.717, 1.165) is 23.3 Å². The molecule has 1 saturated heterocycles. The number of nitrogens with one attached hydrogen (secondary N) is 1. The van der Waals surface area contributed by atoms with Crippen LogP contribution < -0.4 is 15.0 Å². The maximum atomic E-state index is 11.7. The number of anilines is 1. The zero-order valence-corrected chi connectivity index (χ0v) is 13.2. The molecular formula is C18H14N4O3. The summed E-state index contributed by atoms with van der Waals surface area (Å²) in [6.07, 6.45) is 3.60. The van der Waals surface area contributed by atoms with Crippen molar-refractivity contribution in [3.8, 4) is 17.7 Å². The fourth-order valence-electron chi connectivity index (χ4n) is 2.79. The molecule has 1 aromatic heterocycles. The molecule has 25 heavy (non-hydrogen) atoms. The molecule has 124 valence electrons. The Bertz CT molecular complexity index is 882. The lowest BCUT2D eigenvalue weighted by Crippen LogP contribution is -2.30. The lowest BCUT2D eigenvalue weighted by atomic mass is 10.1. The molecule has 0 radical (unpaired) electrons. The van der Waals surface area contributed by atoms with Crippen molar-refractivity contribution in [2.24, 2.45) is 0 Å². The van der Waals surface area contributed by atoms with Crippen LogP contribution in [0.4, 0.5) is 10.5 Å². The van der Waals surface area contributed by atoms with Gasteiger partial charge in [0.15, 0.2) is 0 Å². The summed E-state index contributed by atoms with van der Waals surface area (Å²) in [6, 6.07) is 10.3. The van der Waals surface area contributed by atoms with Gasteiger partial charge in [-0.05, 0) is 48.6 Å². The predicted octanol–water partition coefficient (Wildman–Crippen LogP) is 2.68. The Morgan fingerprint density at radius 2 is 2.08 bits per heavy atom. The van der Waals surface area contributed by atoms with Crippen LogP contribution in [0.25, 0.3) is 0 Å². The third kappa shape index (κ3) is 2.90. The van der Waals surface area contributed by atoms with E-state index in [9.17, 15) is 9.59 Å². The SMILES string of the molecule is N#Cc1ccc(Oc2ccc(N3C(=O)CNC3=O)cn2)c(C2CC2)c1. The summed E-state index contributed by atoms with van der Waals surface area (Å²) in [4.78, 5) is 28.6. The third-order valence-corrected chi connectivity index (χ3v) is 4.19. The summed E-state index contributed by atoms with van der Waals surface area (Å²) < 4.78 is 5.86. The van der Waals surface area contributed by atoms with Crippen LogP contribution in [0.5, 0.6) is 11.6 Å². The second-order valence-electron chi connectivity index (χ2n) is 5.98. The van der Waals surface area contributed by atoms with Gasteiger partial charge in [0.1, 0.15) is 5.75 Å². The van der Waals surface area contributed by atoms with Crippen molar-refractivity contribution < 1.29 is 14.3 Å². The fraction of sp³-hybridized carbons (Fsp3) is 0.222. The second-order valence-corrected chi connectivity index (χ2v) is 5.98. The lowest BCUT2D eigenvalue weighted by molar-refractivity contribution is -0.115. The Morgan fingerprint density at radius 3 is 2.68 bits per heavy atom. The molecule has 4 rings (SSSR count). The second kappa shape index (κ2) is 5.91. The van der Waals surface area contributed by atoms with Crippen molar-refractivity contribution in [3.63, 3.8) is 0 Å². The molecule has 7 nitrogen and oxygen atoms in total. The van der Waals surface area contributed by atoms with E-state index >= 15 is 0 Å². The molecule has 1 aliphatic carbocycles. The van der Waals surface area contributed by atoms with E-state index in [1.807, 2.05) is 6.07 Å². The van der Waals surface area contributed by atoms with Crippen LogP contribution in [0, 0.1) is 11.3 Å². The molecule has 0 unspecified atom stereocenters. The standard InChI is InChI=1S/C18H14N4O3/c19-8-11-1-5-15(14(7-11)12-2-3-12)25-16-6-4-13(9-20-16)22-17(23)10-21-18(22)24/h1,4-7,9,12H,2-3,10H2,(H,21,24). The van der Waals surface area contributed by atoms with Gasteiger partial charge in [-0.15, -0.1) is 0 Å². The number of ether oxygens (including phenoxy) is 1. The van der Waals surface area contributed by atoms with E-state index in [4.69, 9.17) is 10.00 Å². The first-order valence-electron chi connectivity index (χ1n) is 7.94. The van der Waals surface area contributed by atoms with Crippen molar-refractivity contribution in [1.29, 1.82) is 5.26 Å². The molecule has 1 N–H and O–H groups in total. The number of benzene rings is 1. The summed E-state index contributed by atoms with van der Waals surface area (Å²) >= 11 is 0. The number of carbonyl (C=O) groups is 2. The predicted molar refractivity (Wildman–Crippen MR) is 88.3 cm³/mol. The molecule has 2 aliphatic rings. The normalized spacial score (nSPS) is 16.5. The monoisotopic (exact) mass is 334 g/mol. The van der Waals surface area contributed by atoms with Gasteiger partial charge >= 0.3 is 6.03 Å². The van der Waals surface area contributed by atoms with E-state index in [1.165, 1.54) is 6.20 Å². The van der Waals surface area contributed by atoms with E-state index in [-0.39, 0.29) is 12.5 Å². The minimum absolute atomic E-state index is 0.00687. The number of urea groups is 1. The number of aromatic nitrogens is 1. The number of carbonyl (C=O) groups excluding carboxylic acids is 2. The first-order valence-corrected chi connectivity index (χ1v) is 7.94. The largest absolute Gasteiger partial charge is 0.439 e. The molecule has 1 saturated carbocycles. The fourth-order valence-corrected chi connectivity index (χ4v) is 2.79. The van der Waals surface area contributed by atoms with Crippen molar-refractivity contribution in [2.75, 3.05) is 11.4 Å². The summed E-state index contributed by atoms with van der Waals surface area (Å²) in [6.45, 7) is -0.00687. The number of rotatable bonds is 4. The number of pyridine rings is 1. The van der Waals surface area contributed by atoms with Crippen molar-refractivity contribution in [3.05, 3.63) is 47.7 Å². The maximum Gasteiger partial charge on any atom is 0.329 e. The molecule has 1 aliphatic heterocycles. The van der Waals surface area contributed by atoms with Crippen LogP contribution in [0.2, 0.25) is 0 Å². The van der Waals surface area contributed by atoms with E-state index in [1.54, 1.807) is 24.3 Å². The van der Waals surface area contributed by atoms with Gasteiger partial charge in [0, 0.05) is 6.07 Å². The van der Waals surface area contributed by atoms with Crippen LogP contribution in [-0.4, -0.2) is 23.5 Å². The van der Waals surface area contributed by atoms with Gasteiger partial charge in [0.2, 0.25) is 5.88 Å². The third-order valence-electron chi connectivity index (χ3n) is 4.19. The zero-order valence-electron chi connectivity index (χ0n) is 13.2. The van der Waals surface area contributed by atoms with Crippen LogP contribution in [0.1, 0.15) is 29.9 Å². The van der Waals surface area contributed by atoms with Gasteiger partial charge in [-0.1, -0.05) is 0 Å². The molecule has 2 fully saturated rings. The molecule has 2 aromatic rings. The highest BCUT2D eigenvalue weighted by atomic mass is 16.5. The number of nitriles is 1. The molecule has 3 amide bonds. The minimum atomic E-state index is -0.455. The number of hydrogen-bond donors (Lipinski definition) is 1. The molecule has 0 atom stereocenters. The quantitative estimate of drug-likeness (QED) is 0.867. The first-order chi connectivity index (χ1) is 12.2. The van der Waals surface area contributed by atoms with Crippen molar-refractivity contribution >= 4 is 17.6 Å². The molecular weight excluding hydrogens is 320 g/mol. The Morgan fingerprint density at radius 1 is 1.24 bits per heavy atom. The van der Waals surface area contributed by atoms with E-state index < -0.39 is 6.03 Å². The summed E-state index contributed by atoms with van der Waals surface area (Å²) in [5.41, 5.74) is 2.02. The van der Waals surface area contributed by atoms with Crippen LogP contribution in [-0.2, 0) is 4.79 Å². The number of amides is 3. The highest BCUT2D eigenvalue weighted by Gasteiger charge is 2.30. The molecule has 7 heteroatoms. The van der Waals surface area contributed by atoms with Gasteiger partial charge in [0.05, 0.1) is 30.1 Å². The van der Waals surface area contributed by atoms with E-state index in [0.29, 0.717) is 28.8 Å². The van der Waals surface area contributed by atoms with Crippen LogP contribution in [0.15, 0.2) is 36.5 Å². The van der Waals surface area contributed by atoms with Crippen molar-refractivity contribution in [1.82, 2.24) is 10.3 Å². The zero-order chi connectivity index (χ0) is 17.4.